The van der Waals surface area contributed by atoms with E-state index in [4.69, 9.17) is 6.42 Å². The van der Waals surface area contributed by atoms with E-state index in [0.717, 1.165) is 11.3 Å². The minimum absolute atomic E-state index is 0. The molecule has 7 heteroatoms. The molecule has 25 heavy (non-hydrogen) atoms. The zero-order chi connectivity index (χ0) is 17.2. The maximum atomic E-state index is 12.1. The van der Waals surface area contributed by atoms with Crippen molar-refractivity contribution in [3.05, 3.63) is 54.4 Å². The molecule has 5 nitrogen and oxygen atoms in total. The molecule has 0 saturated heterocycles. The molecular formula is C18H16ClN3O2S. The van der Waals surface area contributed by atoms with E-state index < -0.39 is 9.84 Å². The summed E-state index contributed by atoms with van der Waals surface area (Å²) in [6.45, 7) is 1.62. The Morgan fingerprint density at radius 1 is 1.16 bits per heavy atom. The van der Waals surface area contributed by atoms with Crippen molar-refractivity contribution in [1.29, 1.82) is 0 Å². The van der Waals surface area contributed by atoms with Gasteiger partial charge in [0.05, 0.1) is 16.2 Å². The fourth-order valence-corrected chi connectivity index (χ4v) is 3.23. The highest BCUT2D eigenvalue weighted by molar-refractivity contribution is 7.91. The van der Waals surface area contributed by atoms with Crippen molar-refractivity contribution in [1.82, 2.24) is 9.97 Å². The van der Waals surface area contributed by atoms with Gasteiger partial charge in [-0.3, -0.25) is 0 Å². The summed E-state index contributed by atoms with van der Waals surface area (Å²) in [7, 11) is -3.30. The highest BCUT2D eigenvalue weighted by atomic mass is 35.5. The van der Waals surface area contributed by atoms with Gasteiger partial charge in [0.25, 0.3) is 0 Å². The summed E-state index contributed by atoms with van der Waals surface area (Å²) in [5.74, 6) is 3.15. The molecule has 0 aliphatic carbocycles. The maximum absolute atomic E-state index is 12.1. The number of rotatable bonds is 4. The van der Waals surface area contributed by atoms with Gasteiger partial charge in [-0.15, -0.1) is 18.8 Å². The second-order valence-corrected chi connectivity index (χ2v) is 7.43. The van der Waals surface area contributed by atoms with Gasteiger partial charge < -0.3 is 5.32 Å². The van der Waals surface area contributed by atoms with Crippen LogP contribution in [0.5, 0.6) is 0 Å². The van der Waals surface area contributed by atoms with E-state index >= 15 is 0 Å². The molecule has 0 aliphatic rings. The Morgan fingerprint density at radius 3 is 2.68 bits per heavy atom. The van der Waals surface area contributed by atoms with Crippen molar-refractivity contribution in [2.24, 2.45) is 0 Å². The van der Waals surface area contributed by atoms with Crippen LogP contribution in [0.4, 0.5) is 11.5 Å². The molecule has 0 fully saturated rings. The summed E-state index contributed by atoms with van der Waals surface area (Å²) in [5, 5.41) is 3.81. The van der Waals surface area contributed by atoms with E-state index in [1.165, 1.54) is 6.33 Å². The molecule has 128 valence electrons. The van der Waals surface area contributed by atoms with E-state index in [2.05, 4.69) is 21.2 Å². The van der Waals surface area contributed by atoms with Gasteiger partial charge in [0.15, 0.2) is 9.84 Å². The lowest BCUT2D eigenvalue weighted by Crippen LogP contribution is -2.04. The van der Waals surface area contributed by atoms with Crippen LogP contribution >= 0.6 is 12.4 Å². The van der Waals surface area contributed by atoms with Crippen LogP contribution < -0.4 is 5.32 Å². The van der Waals surface area contributed by atoms with Gasteiger partial charge in [-0.05, 0) is 36.4 Å². The van der Waals surface area contributed by atoms with Gasteiger partial charge in [0.2, 0.25) is 0 Å². The van der Waals surface area contributed by atoms with Gasteiger partial charge in [-0.2, -0.15) is 0 Å². The fourth-order valence-electron chi connectivity index (χ4n) is 2.32. The minimum Gasteiger partial charge on any atom is -0.340 e. The number of nitrogens with zero attached hydrogens (tertiary/aromatic N) is 2. The summed E-state index contributed by atoms with van der Waals surface area (Å²) in [5.41, 5.74) is 2.18. The molecule has 0 spiro atoms. The average Bonchev–Trinajstić information content (AvgIpc) is 2.62. The van der Waals surface area contributed by atoms with Crippen LogP contribution in [0.2, 0.25) is 0 Å². The van der Waals surface area contributed by atoms with Gasteiger partial charge in [-0.1, -0.05) is 18.9 Å². The number of hydrogen-bond donors (Lipinski definition) is 1. The number of nitrogens with one attached hydrogen (secondary N) is 1. The number of terminal acetylenes is 1. The first-order chi connectivity index (χ1) is 11.5. The number of sulfone groups is 1. The molecular weight excluding hydrogens is 358 g/mol. The van der Waals surface area contributed by atoms with Crippen molar-refractivity contribution in [3.8, 4) is 12.3 Å². The number of anilines is 2. The number of halogens is 1. The van der Waals surface area contributed by atoms with Crippen LogP contribution in [0, 0.1) is 12.3 Å². The first kappa shape index (κ1) is 18.7. The van der Waals surface area contributed by atoms with E-state index in [-0.39, 0.29) is 23.1 Å². The van der Waals surface area contributed by atoms with E-state index in [1.807, 2.05) is 24.3 Å². The normalized spacial score (nSPS) is 10.7. The Kier molecular flexibility index (Phi) is 5.62. The summed E-state index contributed by atoms with van der Waals surface area (Å²) in [6.07, 6.45) is 6.85. The van der Waals surface area contributed by atoms with E-state index in [9.17, 15) is 8.42 Å². The molecule has 1 aromatic heterocycles. The predicted octanol–water partition coefficient (Wildman–Crippen LogP) is 3.57. The van der Waals surface area contributed by atoms with Crippen LogP contribution in [-0.4, -0.2) is 24.1 Å². The molecule has 0 atom stereocenters. The van der Waals surface area contributed by atoms with Crippen LogP contribution in [0.3, 0.4) is 0 Å². The highest BCUT2D eigenvalue weighted by Gasteiger charge is 2.14. The summed E-state index contributed by atoms with van der Waals surface area (Å²) in [6, 6.07) is 12.2. The number of benzene rings is 2. The molecule has 1 heterocycles. The van der Waals surface area contributed by atoms with Gasteiger partial charge in [0.1, 0.15) is 12.1 Å². The molecule has 0 radical (unpaired) electrons. The maximum Gasteiger partial charge on any atom is 0.178 e. The zero-order valence-electron chi connectivity index (χ0n) is 13.4. The third-order valence-corrected chi connectivity index (χ3v) is 5.37. The molecule has 3 aromatic rings. The van der Waals surface area contributed by atoms with Crippen molar-refractivity contribution >= 4 is 44.7 Å². The molecule has 0 saturated carbocycles. The van der Waals surface area contributed by atoms with Crippen LogP contribution in [0.1, 0.15) is 12.5 Å². The zero-order valence-corrected chi connectivity index (χ0v) is 15.1. The predicted molar refractivity (Wildman–Crippen MR) is 102 cm³/mol. The Balaban J connectivity index is 0.00000225. The van der Waals surface area contributed by atoms with E-state index in [0.29, 0.717) is 16.7 Å². The SMILES string of the molecule is C#Cc1cccc(Nc2ncnc3ccc(S(=O)(=O)CC)cc23)c1.Cl. The second-order valence-electron chi connectivity index (χ2n) is 5.15. The van der Waals surface area contributed by atoms with Gasteiger partial charge >= 0.3 is 0 Å². The first-order valence-corrected chi connectivity index (χ1v) is 9.00. The van der Waals surface area contributed by atoms with Crippen molar-refractivity contribution in [3.63, 3.8) is 0 Å². The standard InChI is InChI=1S/C18H15N3O2S.ClH/c1-3-13-6-5-7-14(10-13)21-18-16-11-15(24(22,23)4-2)8-9-17(16)19-12-20-18;/h1,5-12H,4H2,2H3,(H,19,20,21);1H. The van der Waals surface area contributed by atoms with Gasteiger partial charge in [0, 0.05) is 16.6 Å². The van der Waals surface area contributed by atoms with Crippen LogP contribution in [0.25, 0.3) is 10.9 Å². The Morgan fingerprint density at radius 2 is 1.96 bits per heavy atom. The third-order valence-electron chi connectivity index (χ3n) is 3.64. The molecule has 0 amide bonds. The first-order valence-electron chi connectivity index (χ1n) is 7.34. The summed E-state index contributed by atoms with van der Waals surface area (Å²) in [4.78, 5) is 8.68. The molecule has 3 rings (SSSR count). The second kappa shape index (κ2) is 7.51. The lowest BCUT2D eigenvalue weighted by molar-refractivity contribution is 0.597. The Bertz CT molecular complexity index is 1060. The Hall–Kier alpha value is -2.62. The van der Waals surface area contributed by atoms with Crippen molar-refractivity contribution in [2.75, 3.05) is 11.1 Å². The number of aromatic nitrogens is 2. The molecule has 2 aromatic carbocycles. The monoisotopic (exact) mass is 373 g/mol. The Labute approximate surface area is 152 Å². The van der Waals surface area contributed by atoms with Crippen molar-refractivity contribution in [2.45, 2.75) is 11.8 Å². The van der Waals surface area contributed by atoms with Crippen molar-refractivity contribution < 1.29 is 8.42 Å². The summed E-state index contributed by atoms with van der Waals surface area (Å²) < 4.78 is 24.2. The molecule has 0 aliphatic heterocycles. The third kappa shape index (κ3) is 3.90. The smallest absolute Gasteiger partial charge is 0.178 e. The fraction of sp³-hybridized carbons (Fsp3) is 0.111. The summed E-state index contributed by atoms with van der Waals surface area (Å²) >= 11 is 0. The number of fused-ring (bicyclic) bond motifs is 1. The van der Waals surface area contributed by atoms with Crippen LogP contribution in [-0.2, 0) is 9.84 Å². The molecule has 1 N–H and O–H groups in total. The largest absolute Gasteiger partial charge is 0.340 e. The van der Waals surface area contributed by atoms with E-state index in [1.54, 1.807) is 25.1 Å². The topological polar surface area (TPSA) is 72.0 Å². The van der Waals surface area contributed by atoms with Crippen LogP contribution in [0.15, 0.2) is 53.7 Å². The number of hydrogen-bond acceptors (Lipinski definition) is 5. The molecule has 0 bridgehead atoms. The minimum atomic E-state index is -3.30. The van der Waals surface area contributed by atoms with Gasteiger partial charge in [-0.25, -0.2) is 18.4 Å². The lowest BCUT2D eigenvalue weighted by atomic mass is 10.2. The highest BCUT2D eigenvalue weighted by Crippen LogP contribution is 2.26. The quantitative estimate of drug-likeness (QED) is 0.708. The lowest BCUT2D eigenvalue weighted by Gasteiger charge is -2.10. The molecule has 0 unspecified atom stereocenters. The average molecular weight is 374 g/mol.